The highest BCUT2D eigenvalue weighted by molar-refractivity contribution is 5.93. The smallest absolute Gasteiger partial charge is 0.271 e. The lowest BCUT2D eigenvalue weighted by atomic mass is 10.1. The predicted octanol–water partition coefficient (Wildman–Crippen LogP) is 3.00. The molecule has 0 aliphatic heterocycles. The van der Waals surface area contributed by atoms with Crippen LogP contribution < -0.4 is 5.56 Å². The van der Waals surface area contributed by atoms with Gasteiger partial charge in [0.25, 0.3) is 17.0 Å². The van der Waals surface area contributed by atoms with E-state index in [0.29, 0.717) is 28.1 Å². The molecule has 0 unspecified atom stereocenters. The molecule has 0 bridgehead atoms. The quantitative estimate of drug-likeness (QED) is 0.349. The predicted molar refractivity (Wildman–Crippen MR) is 106 cm³/mol. The number of hydrogen-bond acceptors (Lipinski definition) is 6. The minimum Gasteiger partial charge on any atom is -0.283 e. The van der Waals surface area contributed by atoms with E-state index in [1.807, 2.05) is 30.3 Å². The first kappa shape index (κ1) is 16.8. The van der Waals surface area contributed by atoms with Crippen LogP contribution in [0, 0.1) is 10.1 Å². The second kappa shape index (κ2) is 6.34. The molecule has 3 heterocycles. The third-order valence-electron chi connectivity index (χ3n) is 4.64. The van der Waals surface area contributed by atoms with Gasteiger partial charge in [0.05, 0.1) is 27.2 Å². The van der Waals surface area contributed by atoms with Crippen molar-refractivity contribution in [2.24, 2.45) is 0 Å². The average Bonchev–Trinajstić information content (AvgIpc) is 3.21. The molecule has 0 fully saturated rings. The highest BCUT2D eigenvalue weighted by atomic mass is 16.6. The molecule has 29 heavy (non-hydrogen) atoms. The lowest BCUT2D eigenvalue weighted by Crippen LogP contribution is -2.20. The molecule has 0 spiro atoms. The number of pyridine rings is 1. The number of nitrogens with zero attached hydrogens (tertiary/aromatic N) is 6. The van der Waals surface area contributed by atoms with Gasteiger partial charge in [0, 0.05) is 23.9 Å². The lowest BCUT2D eigenvalue weighted by molar-refractivity contribution is -0.384. The summed E-state index contributed by atoms with van der Waals surface area (Å²) in [5.74, 6) is 0.379. The van der Waals surface area contributed by atoms with Crippen LogP contribution in [0.1, 0.15) is 0 Å². The van der Waals surface area contributed by atoms with Crippen LogP contribution in [0.5, 0.6) is 0 Å². The average molecular weight is 384 g/mol. The van der Waals surface area contributed by atoms with Crippen molar-refractivity contribution in [2.75, 3.05) is 0 Å². The highest BCUT2D eigenvalue weighted by Crippen LogP contribution is 2.26. The normalized spacial score (nSPS) is 11.2. The number of non-ortho nitro benzene ring substituents is 1. The van der Waals surface area contributed by atoms with Crippen LogP contribution in [0.15, 0.2) is 78.0 Å². The molecular formula is C20H12N6O3. The van der Waals surface area contributed by atoms with Crippen LogP contribution in [-0.2, 0) is 0 Å². The van der Waals surface area contributed by atoms with Gasteiger partial charge >= 0.3 is 0 Å². The molecule has 0 aliphatic carbocycles. The maximum absolute atomic E-state index is 13.5. The number of benzene rings is 2. The van der Waals surface area contributed by atoms with Crippen molar-refractivity contribution in [3.63, 3.8) is 0 Å². The van der Waals surface area contributed by atoms with Crippen LogP contribution in [0.2, 0.25) is 0 Å². The molecule has 140 valence electrons. The van der Waals surface area contributed by atoms with E-state index in [2.05, 4.69) is 15.1 Å². The Morgan fingerprint density at radius 2 is 1.83 bits per heavy atom. The Morgan fingerprint density at radius 3 is 2.62 bits per heavy atom. The number of rotatable bonds is 3. The second-order valence-electron chi connectivity index (χ2n) is 6.33. The maximum atomic E-state index is 13.5. The van der Waals surface area contributed by atoms with Crippen LogP contribution in [0.4, 0.5) is 5.69 Å². The van der Waals surface area contributed by atoms with Crippen molar-refractivity contribution in [1.29, 1.82) is 0 Å². The van der Waals surface area contributed by atoms with E-state index in [-0.39, 0.29) is 11.2 Å². The fraction of sp³-hybridized carbons (Fsp3) is 0. The third-order valence-corrected chi connectivity index (χ3v) is 4.64. The molecule has 0 atom stereocenters. The van der Waals surface area contributed by atoms with Gasteiger partial charge in [-0.15, -0.1) is 0 Å². The number of hydrogen-bond donors (Lipinski definition) is 0. The Hall–Kier alpha value is -4.40. The number of nitro benzene ring substituents is 1. The molecule has 0 radical (unpaired) electrons. The van der Waals surface area contributed by atoms with Gasteiger partial charge < -0.3 is 0 Å². The molecule has 9 nitrogen and oxygen atoms in total. The zero-order chi connectivity index (χ0) is 20.0. The van der Waals surface area contributed by atoms with Gasteiger partial charge in [0.2, 0.25) is 0 Å². The minimum atomic E-state index is -0.495. The summed E-state index contributed by atoms with van der Waals surface area (Å²) < 4.78 is 2.89. The Balaban J connectivity index is 1.88. The monoisotopic (exact) mass is 384 g/mol. The van der Waals surface area contributed by atoms with Gasteiger partial charge in [0.15, 0.2) is 0 Å². The molecule has 0 N–H and O–H groups in total. The summed E-state index contributed by atoms with van der Waals surface area (Å²) in [6.45, 7) is 0. The Bertz CT molecular complexity index is 1460. The van der Waals surface area contributed by atoms with Crippen molar-refractivity contribution < 1.29 is 4.92 Å². The van der Waals surface area contributed by atoms with Gasteiger partial charge in [0.1, 0.15) is 6.33 Å². The molecule has 0 amide bonds. The molecular weight excluding hydrogens is 372 g/mol. The summed E-state index contributed by atoms with van der Waals surface area (Å²) in [6, 6.07) is 17.0. The summed E-state index contributed by atoms with van der Waals surface area (Å²) >= 11 is 0. The van der Waals surface area contributed by atoms with E-state index in [1.54, 1.807) is 24.4 Å². The molecule has 0 aliphatic rings. The van der Waals surface area contributed by atoms with E-state index in [0.717, 1.165) is 5.56 Å². The molecule has 3 aromatic heterocycles. The first-order chi connectivity index (χ1) is 14.1. The summed E-state index contributed by atoms with van der Waals surface area (Å²) in [4.78, 5) is 32.7. The van der Waals surface area contributed by atoms with Crippen LogP contribution in [0.25, 0.3) is 33.6 Å². The van der Waals surface area contributed by atoms with E-state index in [4.69, 9.17) is 0 Å². The first-order valence-electron chi connectivity index (χ1n) is 8.69. The Kier molecular flexibility index (Phi) is 3.66. The van der Waals surface area contributed by atoms with Crippen molar-refractivity contribution in [2.45, 2.75) is 0 Å². The first-order valence-corrected chi connectivity index (χ1v) is 8.69. The Morgan fingerprint density at radius 1 is 1.00 bits per heavy atom. The summed E-state index contributed by atoms with van der Waals surface area (Å²) in [6.07, 6.45) is 2.94. The molecule has 5 aromatic rings. The third kappa shape index (κ3) is 2.64. The summed E-state index contributed by atoms with van der Waals surface area (Å²) in [5.41, 5.74) is 1.76. The topological polar surface area (TPSA) is 108 Å². The van der Waals surface area contributed by atoms with Gasteiger partial charge in [-0.25, -0.2) is 4.98 Å². The van der Waals surface area contributed by atoms with Gasteiger partial charge in [-0.05, 0) is 12.1 Å². The molecule has 2 aromatic carbocycles. The number of fused-ring (bicyclic) bond motifs is 2. The van der Waals surface area contributed by atoms with Gasteiger partial charge in [-0.1, -0.05) is 36.4 Å². The summed E-state index contributed by atoms with van der Waals surface area (Å²) in [7, 11) is 0. The van der Waals surface area contributed by atoms with Crippen LogP contribution in [0.3, 0.4) is 0 Å². The molecule has 0 saturated heterocycles. The molecule has 9 heteroatoms. The van der Waals surface area contributed by atoms with Crippen molar-refractivity contribution in [3.05, 3.63) is 93.7 Å². The van der Waals surface area contributed by atoms with Crippen LogP contribution >= 0.6 is 0 Å². The zero-order valence-corrected chi connectivity index (χ0v) is 14.8. The van der Waals surface area contributed by atoms with Crippen molar-refractivity contribution in [1.82, 2.24) is 24.1 Å². The standard InChI is InChI=1S/C20H12N6O3/c27-19-17-16(9-10-24(19)14-7-4-8-15(11-14)26(28)29)23-20-21-12-22-25(20)18(17)13-5-2-1-3-6-13/h1-12H. The largest absolute Gasteiger partial charge is 0.283 e. The molecule has 0 saturated carbocycles. The summed E-state index contributed by atoms with van der Waals surface area (Å²) in [5, 5.41) is 15.7. The van der Waals surface area contributed by atoms with Gasteiger partial charge in [-0.3, -0.25) is 19.5 Å². The van der Waals surface area contributed by atoms with Crippen LogP contribution in [-0.4, -0.2) is 29.1 Å². The van der Waals surface area contributed by atoms with Crippen molar-refractivity contribution in [3.8, 4) is 16.9 Å². The molecule has 5 rings (SSSR count). The van der Waals surface area contributed by atoms with E-state index >= 15 is 0 Å². The second-order valence-corrected chi connectivity index (χ2v) is 6.33. The minimum absolute atomic E-state index is 0.0948. The Labute approximate surface area is 162 Å². The van der Waals surface area contributed by atoms with E-state index in [9.17, 15) is 14.9 Å². The van der Waals surface area contributed by atoms with Crippen molar-refractivity contribution >= 4 is 22.4 Å². The maximum Gasteiger partial charge on any atom is 0.271 e. The SMILES string of the molecule is O=c1c2c(-c3ccccc3)n3ncnc3nc2ccn1-c1cccc([N+](=O)[O-])c1. The fourth-order valence-electron chi connectivity index (χ4n) is 3.35. The lowest BCUT2D eigenvalue weighted by Gasteiger charge is -2.11. The van der Waals surface area contributed by atoms with E-state index < -0.39 is 4.92 Å². The number of aromatic nitrogens is 5. The van der Waals surface area contributed by atoms with Gasteiger partial charge in [-0.2, -0.15) is 14.6 Å². The fourth-order valence-corrected chi connectivity index (χ4v) is 3.35. The highest BCUT2D eigenvalue weighted by Gasteiger charge is 2.18. The number of nitro groups is 1. The zero-order valence-electron chi connectivity index (χ0n) is 14.8. The van der Waals surface area contributed by atoms with E-state index in [1.165, 1.54) is 27.5 Å².